The zero-order chi connectivity index (χ0) is 19.7. The highest BCUT2D eigenvalue weighted by Crippen LogP contribution is 2.18. The molecule has 5 nitrogen and oxygen atoms in total. The number of H-pyrrole nitrogens is 1. The SMILES string of the molecule is Cc1ccc(Cc2nc3c(c(=O)[nH]2)CN(C(=O)c2cccc(F)c2)CC3)cc1. The Morgan fingerprint density at radius 1 is 1.21 bits per heavy atom. The number of nitrogens with zero attached hydrogens (tertiary/aromatic N) is 2. The molecule has 0 saturated heterocycles. The van der Waals surface area contributed by atoms with Crippen LogP contribution in [0.1, 0.15) is 38.6 Å². The molecule has 0 spiro atoms. The molecule has 0 unspecified atom stereocenters. The number of hydrogen-bond acceptors (Lipinski definition) is 3. The third-order valence-electron chi connectivity index (χ3n) is 4.97. The fourth-order valence-corrected chi connectivity index (χ4v) is 3.44. The Kier molecular flexibility index (Phi) is 4.77. The van der Waals surface area contributed by atoms with Crippen LogP contribution in [-0.4, -0.2) is 27.3 Å². The monoisotopic (exact) mass is 377 g/mol. The van der Waals surface area contributed by atoms with Gasteiger partial charge < -0.3 is 9.88 Å². The van der Waals surface area contributed by atoms with Crippen LogP contribution < -0.4 is 5.56 Å². The summed E-state index contributed by atoms with van der Waals surface area (Å²) in [6.45, 7) is 2.65. The Labute approximate surface area is 161 Å². The molecule has 3 aromatic rings. The Morgan fingerprint density at radius 3 is 2.75 bits per heavy atom. The van der Waals surface area contributed by atoms with Crippen molar-refractivity contribution in [1.29, 1.82) is 0 Å². The largest absolute Gasteiger partial charge is 0.334 e. The average Bonchev–Trinajstić information content (AvgIpc) is 2.69. The number of amides is 1. The second kappa shape index (κ2) is 7.38. The first-order valence-electron chi connectivity index (χ1n) is 9.21. The van der Waals surface area contributed by atoms with E-state index in [4.69, 9.17) is 0 Å². The molecular formula is C22H20FN3O2. The average molecular weight is 377 g/mol. The van der Waals surface area contributed by atoms with Crippen molar-refractivity contribution in [2.45, 2.75) is 26.3 Å². The van der Waals surface area contributed by atoms with Crippen LogP contribution in [0.5, 0.6) is 0 Å². The minimum Gasteiger partial charge on any atom is -0.334 e. The van der Waals surface area contributed by atoms with E-state index in [2.05, 4.69) is 9.97 Å². The Bertz CT molecular complexity index is 1090. The van der Waals surface area contributed by atoms with E-state index in [1.165, 1.54) is 23.8 Å². The van der Waals surface area contributed by atoms with Crippen LogP contribution in [-0.2, 0) is 19.4 Å². The predicted octanol–water partition coefficient (Wildman–Crippen LogP) is 3.01. The third kappa shape index (κ3) is 3.71. The number of aromatic amines is 1. The zero-order valence-corrected chi connectivity index (χ0v) is 15.5. The number of carbonyl (C=O) groups is 1. The molecule has 0 aliphatic carbocycles. The Morgan fingerprint density at radius 2 is 2.00 bits per heavy atom. The first kappa shape index (κ1) is 18.1. The number of aromatic nitrogens is 2. The molecule has 6 heteroatoms. The zero-order valence-electron chi connectivity index (χ0n) is 15.5. The van der Waals surface area contributed by atoms with Gasteiger partial charge in [-0.25, -0.2) is 9.37 Å². The van der Waals surface area contributed by atoms with Gasteiger partial charge in [0.05, 0.1) is 17.8 Å². The number of carbonyl (C=O) groups excluding carboxylic acids is 1. The van der Waals surface area contributed by atoms with Crippen molar-refractivity contribution in [3.8, 4) is 0 Å². The first-order valence-corrected chi connectivity index (χ1v) is 9.21. The van der Waals surface area contributed by atoms with Gasteiger partial charge in [0.15, 0.2) is 0 Å². The maximum absolute atomic E-state index is 13.4. The number of aryl methyl sites for hydroxylation is 1. The van der Waals surface area contributed by atoms with Gasteiger partial charge in [0.2, 0.25) is 0 Å². The standard InChI is InChI=1S/C22H20FN3O2/c1-14-5-7-15(8-6-14)11-20-24-19-9-10-26(13-18(19)21(27)25-20)22(28)16-3-2-4-17(23)12-16/h2-8,12H,9-11,13H2,1H3,(H,24,25,27). The molecule has 0 fully saturated rings. The van der Waals surface area contributed by atoms with E-state index >= 15 is 0 Å². The lowest BCUT2D eigenvalue weighted by Crippen LogP contribution is -2.39. The lowest BCUT2D eigenvalue weighted by atomic mass is 10.0. The molecule has 1 aromatic heterocycles. The van der Waals surface area contributed by atoms with Crippen LogP contribution in [0.3, 0.4) is 0 Å². The molecule has 4 rings (SSSR count). The Hall–Kier alpha value is -3.28. The van der Waals surface area contributed by atoms with Gasteiger partial charge in [0, 0.05) is 24.9 Å². The highest BCUT2D eigenvalue weighted by atomic mass is 19.1. The summed E-state index contributed by atoms with van der Waals surface area (Å²) in [6, 6.07) is 13.7. The molecule has 2 aromatic carbocycles. The molecule has 0 saturated carbocycles. The van der Waals surface area contributed by atoms with Gasteiger partial charge in [-0.15, -0.1) is 0 Å². The van der Waals surface area contributed by atoms with Crippen molar-refractivity contribution in [3.63, 3.8) is 0 Å². The summed E-state index contributed by atoms with van der Waals surface area (Å²) >= 11 is 0. The third-order valence-corrected chi connectivity index (χ3v) is 4.97. The minimum absolute atomic E-state index is 0.178. The van der Waals surface area contributed by atoms with Crippen LogP contribution in [0.2, 0.25) is 0 Å². The summed E-state index contributed by atoms with van der Waals surface area (Å²) in [4.78, 5) is 34.3. The van der Waals surface area contributed by atoms with Gasteiger partial charge >= 0.3 is 0 Å². The van der Waals surface area contributed by atoms with E-state index in [0.717, 1.165) is 11.3 Å². The van der Waals surface area contributed by atoms with E-state index in [9.17, 15) is 14.0 Å². The molecule has 1 amide bonds. The number of benzene rings is 2. The minimum atomic E-state index is -0.455. The van der Waals surface area contributed by atoms with Gasteiger partial charge in [-0.1, -0.05) is 35.9 Å². The maximum Gasteiger partial charge on any atom is 0.256 e. The highest BCUT2D eigenvalue weighted by molar-refractivity contribution is 5.94. The van der Waals surface area contributed by atoms with E-state index in [1.54, 1.807) is 11.0 Å². The summed E-state index contributed by atoms with van der Waals surface area (Å²) in [5.74, 6) is -0.116. The van der Waals surface area contributed by atoms with Crippen molar-refractivity contribution in [2.24, 2.45) is 0 Å². The van der Waals surface area contributed by atoms with Crippen LogP contribution in [0, 0.1) is 12.7 Å². The quantitative estimate of drug-likeness (QED) is 0.763. The number of halogens is 1. The summed E-state index contributed by atoms with van der Waals surface area (Å²) < 4.78 is 13.4. The van der Waals surface area contributed by atoms with Crippen molar-refractivity contribution < 1.29 is 9.18 Å². The molecule has 142 valence electrons. The van der Waals surface area contributed by atoms with Gasteiger partial charge in [0.1, 0.15) is 11.6 Å². The van der Waals surface area contributed by atoms with Crippen molar-refractivity contribution in [1.82, 2.24) is 14.9 Å². The molecule has 1 N–H and O–H groups in total. The topological polar surface area (TPSA) is 66.1 Å². The number of nitrogens with one attached hydrogen (secondary N) is 1. The number of hydrogen-bond donors (Lipinski definition) is 1. The van der Waals surface area contributed by atoms with Crippen molar-refractivity contribution in [3.05, 3.63) is 98.5 Å². The van der Waals surface area contributed by atoms with Crippen LogP contribution in [0.25, 0.3) is 0 Å². The molecule has 1 aliphatic heterocycles. The molecule has 1 aliphatic rings. The lowest BCUT2D eigenvalue weighted by molar-refractivity contribution is 0.0732. The van der Waals surface area contributed by atoms with Gasteiger partial charge in [0.25, 0.3) is 11.5 Å². The predicted molar refractivity (Wildman–Crippen MR) is 104 cm³/mol. The summed E-state index contributed by atoms with van der Waals surface area (Å²) in [5, 5.41) is 0. The van der Waals surface area contributed by atoms with E-state index in [-0.39, 0.29) is 23.6 Å². The molecular weight excluding hydrogens is 357 g/mol. The summed E-state index contributed by atoms with van der Waals surface area (Å²) in [6.07, 6.45) is 1.05. The summed E-state index contributed by atoms with van der Waals surface area (Å²) in [5.41, 5.74) is 3.55. The fourth-order valence-electron chi connectivity index (χ4n) is 3.44. The van der Waals surface area contributed by atoms with Crippen LogP contribution >= 0.6 is 0 Å². The van der Waals surface area contributed by atoms with E-state index < -0.39 is 5.82 Å². The van der Waals surface area contributed by atoms with Crippen LogP contribution in [0.15, 0.2) is 53.3 Å². The Balaban J connectivity index is 1.55. The number of rotatable bonds is 3. The van der Waals surface area contributed by atoms with Crippen LogP contribution in [0.4, 0.5) is 4.39 Å². The normalized spacial score (nSPS) is 13.3. The first-order chi connectivity index (χ1) is 13.5. The van der Waals surface area contributed by atoms with E-state index in [0.29, 0.717) is 30.8 Å². The fraction of sp³-hybridized carbons (Fsp3) is 0.227. The van der Waals surface area contributed by atoms with Crippen molar-refractivity contribution in [2.75, 3.05) is 6.54 Å². The van der Waals surface area contributed by atoms with Gasteiger partial charge in [-0.05, 0) is 30.7 Å². The molecule has 0 atom stereocenters. The lowest BCUT2D eigenvalue weighted by Gasteiger charge is -2.28. The highest BCUT2D eigenvalue weighted by Gasteiger charge is 2.25. The molecule has 2 heterocycles. The van der Waals surface area contributed by atoms with Gasteiger partial charge in [-0.3, -0.25) is 9.59 Å². The summed E-state index contributed by atoms with van der Waals surface area (Å²) in [7, 11) is 0. The number of fused-ring (bicyclic) bond motifs is 1. The second-order valence-corrected chi connectivity index (χ2v) is 7.09. The second-order valence-electron chi connectivity index (χ2n) is 7.09. The maximum atomic E-state index is 13.4. The smallest absolute Gasteiger partial charge is 0.256 e. The molecule has 28 heavy (non-hydrogen) atoms. The molecule has 0 radical (unpaired) electrons. The van der Waals surface area contributed by atoms with E-state index in [1.807, 2.05) is 31.2 Å². The van der Waals surface area contributed by atoms with Gasteiger partial charge in [-0.2, -0.15) is 0 Å². The van der Waals surface area contributed by atoms with Crippen molar-refractivity contribution >= 4 is 5.91 Å². The molecule has 0 bridgehead atoms.